The molecule has 0 fully saturated rings. The number of fused-ring (bicyclic) bond motifs is 1. The normalized spacial score (nSPS) is 10.9. The molecule has 0 radical (unpaired) electrons. The number of aromatic nitrogens is 1. The van der Waals surface area contributed by atoms with Gasteiger partial charge in [-0.15, -0.1) is 0 Å². The van der Waals surface area contributed by atoms with Gasteiger partial charge in [0.05, 0.1) is 0 Å². The van der Waals surface area contributed by atoms with Crippen LogP contribution in [0.25, 0.3) is 22.6 Å². The summed E-state index contributed by atoms with van der Waals surface area (Å²) in [6, 6.07) is 18.3. The third-order valence-electron chi connectivity index (χ3n) is 4.30. The Morgan fingerprint density at radius 3 is 2.56 bits per heavy atom. The van der Waals surface area contributed by atoms with E-state index in [9.17, 15) is 4.79 Å². The Labute approximate surface area is 161 Å². The van der Waals surface area contributed by atoms with Crippen molar-refractivity contribution in [2.45, 2.75) is 13.8 Å². The Hall–Kier alpha value is -3.11. The van der Waals surface area contributed by atoms with E-state index in [4.69, 9.17) is 16.0 Å². The molecule has 1 N–H and O–H groups in total. The van der Waals surface area contributed by atoms with E-state index in [-0.39, 0.29) is 5.91 Å². The molecule has 134 valence electrons. The summed E-state index contributed by atoms with van der Waals surface area (Å²) >= 11 is 5.94. The highest BCUT2D eigenvalue weighted by molar-refractivity contribution is 6.31. The van der Waals surface area contributed by atoms with Gasteiger partial charge < -0.3 is 9.73 Å². The largest absolute Gasteiger partial charge is 0.436 e. The molecule has 3 aromatic carbocycles. The Morgan fingerprint density at radius 1 is 1.04 bits per heavy atom. The fourth-order valence-electron chi connectivity index (χ4n) is 3.03. The van der Waals surface area contributed by atoms with Gasteiger partial charge in [-0.05, 0) is 73.5 Å². The highest BCUT2D eigenvalue weighted by atomic mass is 35.5. The standard InChI is InChI=1S/C22H17ClN2O2/c1-13-10-14(2)20-19(11-13)25-22(27-20)15-6-8-18(9-7-15)24-21(26)16-4-3-5-17(23)12-16/h3-12H,1-2H3,(H,24,26). The van der Waals surface area contributed by atoms with Crippen LogP contribution in [0.2, 0.25) is 5.02 Å². The van der Waals surface area contributed by atoms with E-state index >= 15 is 0 Å². The molecule has 4 nitrogen and oxygen atoms in total. The predicted molar refractivity (Wildman–Crippen MR) is 108 cm³/mol. The Bertz CT molecular complexity index is 1150. The molecule has 0 aliphatic carbocycles. The predicted octanol–water partition coefficient (Wildman–Crippen LogP) is 6.02. The number of hydrogen-bond donors (Lipinski definition) is 1. The number of anilines is 1. The minimum atomic E-state index is -0.210. The number of aryl methyl sites for hydroxylation is 2. The molecule has 0 saturated heterocycles. The summed E-state index contributed by atoms with van der Waals surface area (Å²) in [5.41, 5.74) is 5.91. The third-order valence-corrected chi connectivity index (χ3v) is 4.53. The van der Waals surface area contributed by atoms with Gasteiger partial charge in [-0.25, -0.2) is 4.98 Å². The summed E-state index contributed by atoms with van der Waals surface area (Å²) in [7, 11) is 0. The van der Waals surface area contributed by atoms with Crippen molar-refractivity contribution in [2.24, 2.45) is 0 Å². The molecule has 0 saturated carbocycles. The second-order valence-corrected chi connectivity index (χ2v) is 6.93. The molecule has 27 heavy (non-hydrogen) atoms. The number of halogens is 1. The van der Waals surface area contributed by atoms with Crippen molar-refractivity contribution < 1.29 is 9.21 Å². The van der Waals surface area contributed by atoms with Gasteiger partial charge in [-0.1, -0.05) is 23.7 Å². The van der Waals surface area contributed by atoms with Crippen LogP contribution in [-0.2, 0) is 0 Å². The summed E-state index contributed by atoms with van der Waals surface area (Å²) in [6.07, 6.45) is 0. The lowest BCUT2D eigenvalue weighted by atomic mass is 10.1. The van der Waals surface area contributed by atoms with Crippen LogP contribution in [0.15, 0.2) is 65.1 Å². The van der Waals surface area contributed by atoms with E-state index in [1.54, 1.807) is 24.3 Å². The van der Waals surface area contributed by atoms with Gasteiger partial charge in [0.1, 0.15) is 5.52 Å². The molecule has 0 bridgehead atoms. The Morgan fingerprint density at radius 2 is 1.81 bits per heavy atom. The molecular weight excluding hydrogens is 360 g/mol. The van der Waals surface area contributed by atoms with Crippen molar-refractivity contribution in [1.82, 2.24) is 4.98 Å². The zero-order chi connectivity index (χ0) is 19.0. The minimum absolute atomic E-state index is 0.210. The topological polar surface area (TPSA) is 55.1 Å². The highest BCUT2D eigenvalue weighted by Crippen LogP contribution is 2.28. The van der Waals surface area contributed by atoms with Crippen LogP contribution < -0.4 is 5.32 Å². The summed E-state index contributed by atoms with van der Waals surface area (Å²) in [6.45, 7) is 4.05. The van der Waals surface area contributed by atoms with Gasteiger partial charge in [0.25, 0.3) is 5.91 Å². The maximum atomic E-state index is 12.3. The lowest BCUT2D eigenvalue weighted by Gasteiger charge is -2.06. The molecular formula is C22H17ClN2O2. The molecule has 1 heterocycles. The van der Waals surface area contributed by atoms with Gasteiger partial charge >= 0.3 is 0 Å². The number of hydrogen-bond acceptors (Lipinski definition) is 3. The van der Waals surface area contributed by atoms with Crippen molar-refractivity contribution >= 4 is 34.3 Å². The summed E-state index contributed by atoms with van der Waals surface area (Å²) in [4.78, 5) is 16.9. The molecule has 5 heteroatoms. The maximum absolute atomic E-state index is 12.3. The van der Waals surface area contributed by atoms with Crippen molar-refractivity contribution in [1.29, 1.82) is 0 Å². The zero-order valence-corrected chi connectivity index (χ0v) is 15.7. The quantitative estimate of drug-likeness (QED) is 0.475. The molecule has 4 aromatic rings. The molecule has 1 aromatic heterocycles. The van der Waals surface area contributed by atoms with Gasteiger partial charge in [0.2, 0.25) is 5.89 Å². The Balaban J connectivity index is 1.57. The molecule has 0 atom stereocenters. The molecule has 0 spiro atoms. The van der Waals surface area contributed by atoms with Crippen LogP contribution >= 0.6 is 11.6 Å². The first kappa shape index (κ1) is 17.3. The highest BCUT2D eigenvalue weighted by Gasteiger charge is 2.11. The van der Waals surface area contributed by atoms with Gasteiger partial charge in [-0.3, -0.25) is 4.79 Å². The fourth-order valence-corrected chi connectivity index (χ4v) is 3.22. The SMILES string of the molecule is Cc1cc(C)c2oc(-c3ccc(NC(=O)c4cccc(Cl)c4)cc3)nc2c1. The number of carbonyl (C=O) groups is 1. The van der Waals surface area contributed by atoms with Crippen molar-refractivity contribution in [2.75, 3.05) is 5.32 Å². The van der Waals surface area contributed by atoms with E-state index in [0.717, 1.165) is 27.8 Å². The second kappa shape index (κ2) is 6.89. The lowest BCUT2D eigenvalue weighted by molar-refractivity contribution is 0.102. The lowest BCUT2D eigenvalue weighted by Crippen LogP contribution is -2.11. The van der Waals surface area contributed by atoms with Gasteiger partial charge in [0.15, 0.2) is 5.58 Å². The van der Waals surface area contributed by atoms with Crippen LogP contribution in [0.5, 0.6) is 0 Å². The van der Waals surface area contributed by atoms with Crippen LogP contribution in [0.3, 0.4) is 0 Å². The number of nitrogens with one attached hydrogen (secondary N) is 1. The van der Waals surface area contributed by atoms with Gasteiger partial charge in [0, 0.05) is 21.8 Å². The first-order valence-electron chi connectivity index (χ1n) is 8.55. The fraction of sp³-hybridized carbons (Fsp3) is 0.0909. The van der Waals surface area contributed by atoms with E-state index in [0.29, 0.717) is 22.2 Å². The number of carbonyl (C=O) groups excluding carboxylic acids is 1. The van der Waals surface area contributed by atoms with Crippen LogP contribution in [0.1, 0.15) is 21.5 Å². The number of amides is 1. The Kier molecular flexibility index (Phi) is 4.42. The average Bonchev–Trinajstić information content (AvgIpc) is 3.06. The number of rotatable bonds is 3. The van der Waals surface area contributed by atoms with Crippen LogP contribution in [-0.4, -0.2) is 10.9 Å². The first-order valence-corrected chi connectivity index (χ1v) is 8.92. The number of oxazole rings is 1. The molecule has 0 unspecified atom stereocenters. The van der Waals surface area contributed by atoms with E-state index in [2.05, 4.69) is 16.4 Å². The molecule has 1 amide bonds. The zero-order valence-electron chi connectivity index (χ0n) is 14.9. The number of nitrogens with zero attached hydrogens (tertiary/aromatic N) is 1. The molecule has 0 aliphatic rings. The van der Waals surface area contributed by atoms with E-state index in [1.165, 1.54) is 0 Å². The average molecular weight is 377 g/mol. The third kappa shape index (κ3) is 3.57. The van der Waals surface area contributed by atoms with E-state index in [1.807, 2.05) is 44.2 Å². The van der Waals surface area contributed by atoms with Crippen molar-refractivity contribution in [3.05, 3.63) is 82.4 Å². The maximum Gasteiger partial charge on any atom is 0.255 e. The smallest absolute Gasteiger partial charge is 0.255 e. The number of benzene rings is 3. The van der Waals surface area contributed by atoms with Crippen molar-refractivity contribution in [3.8, 4) is 11.5 Å². The first-order chi connectivity index (χ1) is 13.0. The van der Waals surface area contributed by atoms with Crippen molar-refractivity contribution in [3.63, 3.8) is 0 Å². The van der Waals surface area contributed by atoms with Crippen LogP contribution in [0, 0.1) is 13.8 Å². The monoisotopic (exact) mass is 376 g/mol. The summed E-state index contributed by atoms with van der Waals surface area (Å²) in [5.74, 6) is 0.352. The molecule has 4 rings (SSSR count). The molecule has 0 aliphatic heterocycles. The summed E-state index contributed by atoms with van der Waals surface area (Å²) < 4.78 is 5.93. The minimum Gasteiger partial charge on any atom is -0.436 e. The van der Waals surface area contributed by atoms with E-state index < -0.39 is 0 Å². The summed E-state index contributed by atoms with van der Waals surface area (Å²) in [5, 5.41) is 3.39. The second-order valence-electron chi connectivity index (χ2n) is 6.49. The van der Waals surface area contributed by atoms with Gasteiger partial charge in [-0.2, -0.15) is 0 Å². The van der Waals surface area contributed by atoms with Crippen LogP contribution in [0.4, 0.5) is 5.69 Å².